The summed E-state index contributed by atoms with van der Waals surface area (Å²) in [6, 6.07) is 14.3. The molecule has 1 heterocycles. The number of carbonyl (C=O) groups excluding carboxylic acids is 1. The predicted octanol–water partition coefficient (Wildman–Crippen LogP) is 3.15. The second-order valence-electron chi connectivity index (χ2n) is 6.45. The molecular formula is C20H22BrNO5S. The summed E-state index contributed by atoms with van der Waals surface area (Å²) in [5.74, 6) is -0.284. The van der Waals surface area contributed by atoms with E-state index >= 15 is 0 Å². The van der Waals surface area contributed by atoms with Crippen LogP contribution in [0.2, 0.25) is 0 Å². The largest absolute Gasteiger partial charge is 0.461 e. The van der Waals surface area contributed by atoms with Crippen LogP contribution in [0, 0.1) is 0 Å². The number of rotatable bonds is 7. The fourth-order valence-electron chi connectivity index (χ4n) is 2.83. The van der Waals surface area contributed by atoms with Gasteiger partial charge in [-0.15, -0.1) is 0 Å². The first-order valence-corrected chi connectivity index (χ1v) is 11.3. The normalized spacial score (nSPS) is 15.3. The number of esters is 1. The van der Waals surface area contributed by atoms with Crippen LogP contribution < -0.4 is 0 Å². The van der Waals surface area contributed by atoms with Crippen molar-refractivity contribution in [3.63, 3.8) is 0 Å². The molecule has 0 N–H and O–H groups in total. The van der Waals surface area contributed by atoms with Crippen LogP contribution in [0.5, 0.6) is 0 Å². The van der Waals surface area contributed by atoms with Gasteiger partial charge in [-0.3, -0.25) is 4.79 Å². The molecule has 1 saturated heterocycles. The van der Waals surface area contributed by atoms with Crippen molar-refractivity contribution in [3.8, 4) is 0 Å². The predicted molar refractivity (Wildman–Crippen MR) is 108 cm³/mol. The lowest BCUT2D eigenvalue weighted by atomic mass is 10.1. The number of aryl methyl sites for hydroxylation is 1. The Morgan fingerprint density at radius 3 is 2.25 bits per heavy atom. The average Bonchev–Trinajstić information content (AvgIpc) is 2.73. The molecule has 0 atom stereocenters. The number of nitrogens with zero attached hydrogens (tertiary/aromatic N) is 1. The Balaban J connectivity index is 1.49. The zero-order valence-corrected chi connectivity index (χ0v) is 17.7. The summed E-state index contributed by atoms with van der Waals surface area (Å²) in [6.07, 6.45) is 0.739. The van der Waals surface area contributed by atoms with Gasteiger partial charge in [-0.25, -0.2) is 8.42 Å². The second-order valence-corrected chi connectivity index (χ2v) is 9.30. The Labute approximate surface area is 173 Å². The average molecular weight is 468 g/mol. The van der Waals surface area contributed by atoms with Gasteiger partial charge in [0.15, 0.2) is 0 Å². The molecule has 3 rings (SSSR count). The molecule has 0 aliphatic carbocycles. The summed E-state index contributed by atoms with van der Waals surface area (Å²) >= 11 is 3.36. The fourth-order valence-corrected chi connectivity index (χ4v) is 4.50. The van der Waals surface area contributed by atoms with Crippen LogP contribution in [0.15, 0.2) is 57.9 Å². The van der Waals surface area contributed by atoms with Crippen molar-refractivity contribution in [2.45, 2.75) is 24.3 Å². The number of sulfonamides is 1. The van der Waals surface area contributed by atoms with Gasteiger partial charge >= 0.3 is 5.97 Å². The van der Waals surface area contributed by atoms with Crippen LogP contribution >= 0.6 is 15.9 Å². The van der Waals surface area contributed by atoms with Crippen LogP contribution in [0.4, 0.5) is 0 Å². The molecule has 1 aliphatic rings. The molecule has 0 amide bonds. The van der Waals surface area contributed by atoms with E-state index in [0.29, 0.717) is 32.7 Å². The van der Waals surface area contributed by atoms with Gasteiger partial charge in [0.1, 0.15) is 6.61 Å². The standard InChI is InChI=1S/C20H22BrNO5S/c21-18-6-1-17(2-7-18)15-27-20(23)10-5-16-3-8-19(9-4-16)28(24,25)22-11-13-26-14-12-22/h1-4,6-9H,5,10-15H2. The smallest absolute Gasteiger partial charge is 0.306 e. The summed E-state index contributed by atoms with van der Waals surface area (Å²) in [6.45, 7) is 1.81. The van der Waals surface area contributed by atoms with Gasteiger partial charge in [-0.05, 0) is 41.8 Å². The third-order valence-corrected chi connectivity index (χ3v) is 6.90. The van der Waals surface area contributed by atoms with Gasteiger partial charge in [-0.1, -0.05) is 40.2 Å². The van der Waals surface area contributed by atoms with E-state index < -0.39 is 10.0 Å². The summed E-state index contributed by atoms with van der Waals surface area (Å²) in [7, 11) is -3.49. The SMILES string of the molecule is O=C(CCc1ccc(S(=O)(=O)N2CCOCC2)cc1)OCc1ccc(Br)cc1. The van der Waals surface area contributed by atoms with Crippen LogP contribution in [-0.4, -0.2) is 45.0 Å². The van der Waals surface area contributed by atoms with E-state index in [-0.39, 0.29) is 23.9 Å². The second kappa shape index (κ2) is 9.65. The fraction of sp³-hybridized carbons (Fsp3) is 0.350. The molecule has 0 unspecified atom stereocenters. The zero-order chi connectivity index (χ0) is 20.0. The van der Waals surface area contributed by atoms with E-state index in [1.807, 2.05) is 24.3 Å². The van der Waals surface area contributed by atoms with Crippen molar-refractivity contribution in [1.82, 2.24) is 4.31 Å². The molecule has 0 aromatic heterocycles. The minimum Gasteiger partial charge on any atom is -0.461 e. The Kier molecular flexibility index (Phi) is 7.23. The summed E-state index contributed by atoms with van der Waals surface area (Å²) in [5, 5.41) is 0. The first-order chi connectivity index (χ1) is 13.4. The Morgan fingerprint density at radius 2 is 1.61 bits per heavy atom. The highest BCUT2D eigenvalue weighted by Crippen LogP contribution is 2.18. The van der Waals surface area contributed by atoms with Gasteiger partial charge < -0.3 is 9.47 Å². The molecule has 2 aromatic carbocycles. The molecule has 0 radical (unpaired) electrons. The number of morpholine rings is 1. The number of benzene rings is 2. The van der Waals surface area contributed by atoms with Crippen molar-refractivity contribution < 1.29 is 22.7 Å². The topological polar surface area (TPSA) is 72.9 Å². The van der Waals surface area contributed by atoms with E-state index in [2.05, 4.69) is 15.9 Å². The lowest BCUT2D eigenvalue weighted by molar-refractivity contribution is -0.144. The molecule has 1 aliphatic heterocycles. The van der Waals surface area contributed by atoms with E-state index in [4.69, 9.17) is 9.47 Å². The summed E-state index contributed by atoms with van der Waals surface area (Å²) in [5.41, 5.74) is 1.82. The molecule has 28 heavy (non-hydrogen) atoms. The van der Waals surface area contributed by atoms with E-state index in [1.54, 1.807) is 24.3 Å². The van der Waals surface area contributed by atoms with Crippen LogP contribution in [-0.2, 0) is 37.3 Å². The van der Waals surface area contributed by atoms with Crippen LogP contribution in [0.1, 0.15) is 17.5 Å². The number of carbonyl (C=O) groups is 1. The molecule has 2 aromatic rings. The van der Waals surface area contributed by atoms with Crippen molar-refractivity contribution >= 4 is 31.9 Å². The van der Waals surface area contributed by atoms with E-state index in [0.717, 1.165) is 15.6 Å². The third-order valence-electron chi connectivity index (χ3n) is 4.46. The maximum atomic E-state index is 12.6. The van der Waals surface area contributed by atoms with Gasteiger partial charge in [0.25, 0.3) is 0 Å². The molecule has 0 spiro atoms. The van der Waals surface area contributed by atoms with Crippen molar-refractivity contribution in [1.29, 1.82) is 0 Å². The number of halogens is 1. The summed E-state index contributed by atoms with van der Waals surface area (Å²) < 4.78 is 38.1. The minimum atomic E-state index is -3.49. The molecule has 0 bridgehead atoms. The van der Waals surface area contributed by atoms with E-state index in [9.17, 15) is 13.2 Å². The molecule has 1 fully saturated rings. The monoisotopic (exact) mass is 467 g/mol. The highest BCUT2D eigenvalue weighted by Gasteiger charge is 2.26. The maximum absolute atomic E-state index is 12.6. The van der Waals surface area contributed by atoms with Gasteiger partial charge in [0.05, 0.1) is 18.1 Å². The summed E-state index contributed by atoms with van der Waals surface area (Å²) in [4.78, 5) is 12.2. The number of ether oxygens (including phenoxy) is 2. The van der Waals surface area contributed by atoms with E-state index in [1.165, 1.54) is 4.31 Å². The Morgan fingerprint density at radius 1 is 1.00 bits per heavy atom. The minimum absolute atomic E-state index is 0.239. The Bertz CT molecular complexity index is 891. The van der Waals surface area contributed by atoms with Crippen molar-refractivity contribution in [3.05, 3.63) is 64.1 Å². The quantitative estimate of drug-likeness (QED) is 0.584. The molecule has 6 nitrogen and oxygen atoms in total. The van der Waals surface area contributed by atoms with Crippen molar-refractivity contribution in [2.24, 2.45) is 0 Å². The number of hydrogen-bond acceptors (Lipinski definition) is 5. The van der Waals surface area contributed by atoms with Crippen molar-refractivity contribution in [2.75, 3.05) is 26.3 Å². The third kappa shape index (κ3) is 5.64. The van der Waals surface area contributed by atoms with Gasteiger partial charge in [0.2, 0.25) is 10.0 Å². The first kappa shape index (κ1) is 21.0. The molecule has 150 valence electrons. The first-order valence-electron chi connectivity index (χ1n) is 9.02. The lowest BCUT2D eigenvalue weighted by Gasteiger charge is -2.26. The lowest BCUT2D eigenvalue weighted by Crippen LogP contribution is -2.40. The molecule has 0 saturated carbocycles. The molecule has 8 heteroatoms. The molecular weight excluding hydrogens is 446 g/mol. The van der Waals surface area contributed by atoms with Crippen LogP contribution in [0.25, 0.3) is 0 Å². The Hall–Kier alpha value is -1.74. The van der Waals surface area contributed by atoms with Gasteiger partial charge in [0, 0.05) is 24.0 Å². The highest BCUT2D eigenvalue weighted by atomic mass is 79.9. The van der Waals surface area contributed by atoms with Crippen LogP contribution in [0.3, 0.4) is 0 Å². The maximum Gasteiger partial charge on any atom is 0.306 e. The van der Waals surface area contributed by atoms with Gasteiger partial charge in [-0.2, -0.15) is 4.31 Å². The zero-order valence-electron chi connectivity index (χ0n) is 15.3. The number of hydrogen-bond donors (Lipinski definition) is 0. The highest BCUT2D eigenvalue weighted by molar-refractivity contribution is 9.10.